The van der Waals surface area contributed by atoms with Gasteiger partial charge in [0, 0.05) is 0 Å². The first-order chi connectivity index (χ1) is 12.1. The van der Waals surface area contributed by atoms with Gasteiger partial charge in [-0.2, -0.15) is 4.99 Å². The van der Waals surface area contributed by atoms with Crippen LogP contribution < -0.4 is 4.80 Å². The van der Waals surface area contributed by atoms with Crippen molar-refractivity contribution in [3.05, 3.63) is 64.5 Å². The molecule has 1 aromatic heterocycles. The molecule has 0 unspecified atom stereocenters. The molecular weight excluding hydrogens is 336 g/mol. The largest absolute Gasteiger partial charge is 0.468 e. The Morgan fingerprint density at radius 2 is 1.92 bits per heavy atom. The van der Waals surface area contributed by atoms with Crippen molar-refractivity contribution in [1.82, 2.24) is 4.57 Å². The Morgan fingerprint density at radius 3 is 2.64 bits per heavy atom. The van der Waals surface area contributed by atoms with Gasteiger partial charge in [-0.15, -0.1) is 0 Å². The molecule has 3 aromatic rings. The maximum absolute atomic E-state index is 12.3. The molecule has 3 rings (SSSR count). The van der Waals surface area contributed by atoms with Gasteiger partial charge in [0.2, 0.25) is 0 Å². The number of methoxy groups -OCH3 is 1. The van der Waals surface area contributed by atoms with E-state index >= 15 is 0 Å². The number of aromatic nitrogens is 1. The van der Waals surface area contributed by atoms with Gasteiger partial charge in [0.25, 0.3) is 5.91 Å². The lowest BCUT2D eigenvalue weighted by atomic mass is 10.1. The van der Waals surface area contributed by atoms with Crippen LogP contribution in [0.3, 0.4) is 0 Å². The molecule has 2 aromatic carbocycles. The SMILES string of the molecule is COC(=O)Cn1c(=NC(=O)Cc2ccccc2)sc2cc(C)ccc21. The van der Waals surface area contributed by atoms with E-state index in [1.54, 1.807) is 4.57 Å². The topological polar surface area (TPSA) is 60.7 Å². The Morgan fingerprint density at radius 1 is 1.16 bits per heavy atom. The lowest BCUT2D eigenvalue weighted by molar-refractivity contribution is -0.141. The number of hydrogen-bond donors (Lipinski definition) is 0. The van der Waals surface area contributed by atoms with Crippen LogP contribution in [0.4, 0.5) is 0 Å². The molecule has 0 spiro atoms. The number of amides is 1. The molecule has 6 heteroatoms. The molecule has 0 aliphatic carbocycles. The minimum Gasteiger partial charge on any atom is -0.468 e. The summed E-state index contributed by atoms with van der Waals surface area (Å²) in [6.07, 6.45) is 0.229. The molecule has 0 radical (unpaired) electrons. The number of hydrogen-bond acceptors (Lipinski definition) is 4. The zero-order valence-electron chi connectivity index (χ0n) is 14.1. The third-order valence-electron chi connectivity index (χ3n) is 3.77. The van der Waals surface area contributed by atoms with E-state index in [-0.39, 0.29) is 24.8 Å². The van der Waals surface area contributed by atoms with E-state index in [0.29, 0.717) is 4.80 Å². The summed E-state index contributed by atoms with van der Waals surface area (Å²) >= 11 is 1.40. The van der Waals surface area contributed by atoms with Crippen LogP contribution in [0, 0.1) is 6.92 Å². The number of fused-ring (bicyclic) bond motifs is 1. The molecule has 1 heterocycles. The van der Waals surface area contributed by atoms with Crippen molar-refractivity contribution in [3.63, 3.8) is 0 Å². The number of carbonyl (C=O) groups is 2. The quantitative estimate of drug-likeness (QED) is 0.677. The first-order valence-corrected chi connectivity index (χ1v) is 8.67. The van der Waals surface area contributed by atoms with Gasteiger partial charge in [0.05, 0.1) is 23.7 Å². The zero-order valence-corrected chi connectivity index (χ0v) is 14.9. The zero-order chi connectivity index (χ0) is 17.8. The van der Waals surface area contributed by atoms with Crippen molar-refractivity contribution in [1.29, 1.82) is 0 Å². The summed E-state index contributed by atoms with van der Waals surface area (Å²) < 4.78 is 7.48. The van der Waals surface area contributed by atoms with Gasteiger partial charge in [-0.3, -0.25) is 9.59 Å². The molecule has 0 aliphatic rings. The number of benzene rings is 2. The molecule has 1 amide bonds. The summed E-state index contributed by atoms with van der Waals surface area (Å²) in [4.78, 5) is 28.8. The van der Waals surface area contributed by atoms with Crippen LogP contribution in [-0.4, -0.2) is 23.6 Å². The third kappa shape index (κ3) is 4.03. The molecule has 0 bridgehead atoms. The van der Waals surface area contributed by atoms with Gasteiger partial charge in [-0.1, -0.05) is 47.7 Å². The van der Waals surface area contributed by atoms with Gasteiger partial charge >= 0.3 is 5.97 Å². The van der Waals surface area contributed by atoms with Crippen molar-refractivity contribution in [2.45, 2.75) is 19.9 Å². The average Bonchev–Trinajstić information content (AvgIpc) is 2.91. The second-order valence-corrected chi connectivity index (χ2v) is 6.70. The van der Waals surface area contributed by atoms with Crippen molar-refractivity contribution in [2.24, 2.45) is 4.99 Å². The average molecular weight is 354 g/mol. The molecular formula is C19H18N2O3S. The van der Waals surface area contributed by atoms with Crippen LogP contribution in [-0.2, 0) is 27.3 Å². The fraction of sp³-hybridized carbons (Fsp3) is 0.211. The first kappa shape index (κ1) is 17.1. The second kappa shape index (κ2) is 7.44. The summed E-state index contributed by atoms with van der Waals surface area (Å²) in [5.41, 5.74) is 2.89. The second-order valence-electron chi connectivity index (χ2n) is 5.69. The Hall–Kier alpha value is -2.73. The number of nitrogens with zero attached hydrogens (tertiary/aromatic N) is 2. The van der Waals surface area contributed by atoms with Crippen LogP contribution in [0.5, 0.6) is 0 Å². The van der Waals surface area contributed by atoms with Crippen molar-refractivity contribution < 1.29 is 14.3 Å². The normalized spacial score (nSPS) is 11.7. The van der Waals surface area contributed by atoms with Gasteiger partial charge in [-0.05, 0) is 30.2 Å². The van der Waals surface area contributed by atoms with Crippen LogP contribution in [0.25, 0.3) is 10.2 Å². The Labute approximate surface area is 149 Å². The molecule has 0 aliphatic heterocycles. The number of ether oxygens (including phenoxy) is 1. The van der Waals surface area contributed by atoms with Crippen molar-refractivity contribution in [2.75, 3.05) is 7.11 Å². The van der Waals surface area contributed by atoms with E-state index in [2.05, 4.69) is 4.99 Å². The third-order valence-corrected chi connectivity index (χ3v) is 4.81. The molecule has 0 atom stereocenters. The van der Waals surface area contributed by atoms with E-state index in [4.69, 9.17) is 4.74 Å². The highest BCUT2D eigenvalue weighted by molar-refractivity contribution is 7.16. The summed E-state index contributed by atoms with van der Waals surface area (Å²) in [6.45, 7) is 2.03. The minimum absolute atomic E-state index is 0.0248. The predicted molar refractivity (Wildman–Crippen MR) is 97.3 cm³/mol. The maximum Gasteiger partial charge on any atom is 0.325 e. The van der Waals surface area contributed by atoms with E-state index < -0.39 is 0 Å². The van der Waals surface area contributed by atoms with E-state index in [1.165, 1.54) is 18.4 Å². The highest BCUT2D eigenvalue weighted by Gasteiger charge is 2.12. The monoisotopic (exact) mass is 354 g/mol. The standard InChI is InChI=1S/C19H18N2O3S/c1-13-8-9-15-16(10-13)25-19(21(15)12-18(23)24-2)20-17(22)11-14-6-4-3-5-7-14/h3-10H,11-12H2,1-2H3. The number of thiazole rings is 1. The van der Waals surface area contributed by atoms with Crippen LogP contribution in [0.15, 0.2) is 53.5 Å². The van der Waals surface area contributed by atoms with Gasteiger partial charge in [0.1, 0.15) is 6.54 Å². The van der Waals surface area contributed by atoms with Crippen LogP contribution in [0.2, 0.25) is 0 Å². The van der Waals surface area contributed by atoms with Gasteiger partial charge in [-0.25, -0.2) is 0 Å². The summed E-state index contributed by atoms with van der Waals surface area (Å²) in [6, 6.07) is 15.4. The number of esters is 1. The molecule has 0 saturated carbocycles. The van der Waals surface area contributed by atoms with Crippen molar-refractivity contribution >= 4 is 33.4 Å². The summed E-state index contributed by atoms with van der Waals surface area (Å²) in [5, 5.41) is 0. The van der Waals surface area contributed by atoms with Gasteiger partial charge < -0.3 is 9.30 Å². The summed E-state index contributed by atoms with van der Waals surface area (Å²) in [7, 11) is 1.35. The Bertz CT molecular complexity index is 987. The first-order valence-electron chi connectivity index (χ1n) is 7.85. The molecule has 25 heavy (non-hydrogen) atoms. The highest BCUT2D eigenvalue weighted by Crippen LogP contribution is 2.19. The van der Waals surface area contributed by atoms with Crippen LogP contribution in [0.1, 0.15) is 11.1 Å². The lowest BCUT2D eigenvalue weighted by Crippen LogP contribution is -2.22. The minimum atomic E-state index is -0.378. The Kier molecular flexibility index (Phi) is 5.09. The molecule has 0 fully saturated rings. The molecule has 0 N–H and O–H groups in total. The highest BCUT2D eigenvalue weighted by atomic mass is 32.1. The van der Waals surface area contributed by atoms with Crippen LogP contribution >= 0.6 is 11.3 Å². The fourth-order valence-electron chi connectivity index (χ4n) is 2.53. The molecule has 5 nitrogen and oxygen atoms in total. The maximum atomic E-state index is 12.3. The lowest BCUT2D eigenvalue weighted by Gasteiger charge is -2.03. The number of aryl methyl sites for hydroxylation is 1. The van der Waals surface area contributed by atoms with E-state index in [0.717, 1.165) is 21.3 Å². The predicted octanol–water partition coefficient (Wildman–Crippen LogP) is 2.85. The molecule has 128 valence electrons. The fourth-order valence-corrected chi connectivity index (χ4v) is 3.67. The van der Waals surface area contributed by atoms with E-state index in [9.17, 15) is 9.59 Å². The molecule has 0 saturated heterocycles. The number of rotatable bonds is 4. The van der Waals surface area contributed by atoms with E-state index in [1.807, 2.05) is 55.5 Å². The van der Waals surface area contributed by atoms with Gasteiger partial charge in [0.15, 0.2) is 4.80 Å². The smallest absolute Gasteiger partial charge is 0.325 e. The van der Waals surface area contributed by atoms with Crippen molar-refractivity contribution in [3.8, 4) is 0 Å². The Balaban J connectivity index is 2.02. The summed E-state index contributed by atoms with van der Waals surface area (Å²) in [5.74, 6) is -0.620. The number of carbonyl (C=O) groups excluding carboxylic acids is 2.